The first-order valence-electron chi connectivity index (χ1n) is 13.6. The van der Waals surface area contributed by atoms with Gasteiger partial charge >= 0.3 is 0 Å². The van der Waals surface area contributed by atoms with Crippen molar-refractivity contribution in [2.45, 2.75) is 78.2 Å². The molecule has 0 spiro atoms. The van der Waals surface area contributed by atoms with Crippen LogP contribution in [0.5, 0.6) is 0 Å². The number of thioether (sulfide) groups is 1. The van der Waals surface area contributed by atoms with E-state index in [0.717, 1.165) is 34.8 Å². The molecule has 2 aromatic rings. The SMILES string of the molecule is CCCCS(=O)(=O)NCC(C)c1nc2n(n1)N=C(SC)C2=Nc1cc2c(cc1C)N(CCO)C(C)(C)CC2C. The topological polar surface area (TPSA) is 125 Å². The van der Waals surface area contributed by atoms with Crippen LogP contribution < -0.4 is 9.62 Å². The summed E-state index contributed by atoms with van der Waals surface area (Å²) in [4.78, 5) is 13.6. The van der Waals surface area contributed by atoms with Crippen LogP contribution >= 0.6 is 11.8 Å². The third-order valence-electron chi connectivity index (χ3n) is 7.48. The Morgan fingerprint density at radius 1 is 1.33 bits per heavy atom. The zero-order chi connectivity index (χ0) is 28.5. The van der Waals surface area contributed by atoms with Gasteiger partial charge in [0.05, 0.1) is 18.0 Å². The highest BCUT2D eigenvalue weighted by atomic mass is 32.2. The van der Waals surface area contributed by atoms with E-state index in [4.69, 9.17) is 9.98 Å². The lowest BCUT2D eigenvalue weighted by Crippen LogP contribution is -2.49. The molecule has 12 heteroatoms. The maximum atomic E-state index is 12.2. The second-order valence-electron chi connectivity index (χ2n) is 11.2. The van der Waals surface area contributed by atoms with Crippen molar-refractivity contribution in [3.05, 3.63) is 34.9 Å². The lowest BCUT2D eigenvalue weighted by Gasteiger charge is -2.47. The summed E-state index contributed by atoms with van der Waals surface area (Å²) in [5.41, 5.74) is 4.88. The number of nitrogens with zero attached hydrogens (tertiary/aromatic N) is 6. The Kier molecular flexibility index (Phi) is 8.89. The minimum atomic E-state index is -3.32. The first-order valence-corrected chi connectivity index (χ1v) is 16.5. The van der Waals surface area contributed by atoms with E-state index < -0.39 is 10.0 Å². The first kappa shape index (κ1) is 29.7. The summed E-state index contributed by atoms with van der Waals surface area (Å²) in [7, 11) is -3.32. The number of aryl methyl sites for hydroxylation is 1. The van der Waals surface area contributed by atoms with Crippen LogP contribution in [0.25, 0.3) is 0 Å². The van der Waals surface area contributed by atoms with Crippen molar-refractivity contribution < 1.29 is 13.5 Å². The zero-order valence-electron chi connectivity index (χ0n) is 24.0. The van der Waals surface area contributed by atoms with Gasteiger partial charge in [-0.15, -0.1) is 26.8 Å². The van der Waals surface area contributed by atoms with Crippen LogP contribution in [0.3, 0.4) is 0 Å². The average molecular weight is 576 g/mol. The van der Waals surface area contributed by atoms with Crippen LogP contribution in [0.4, 0.5) is 11.4 Å². The number of nitrogens with one attached hydrogen (secondary N) is 1. The molecule has 1 aromatic carbocycles. The Bertz CT molecular complexity index is 1380. The third-order valence-corrected chi connectivity index (χ3v) is 9.57. The highest BCUT2D eigenvalue weighted by Crippen LogP contribution is 2.45. The number of anilines is 1. The average Bonchev–Trinajstić information content (AvgIpc) is 3.43. The van der Waals surface area contributed by atoms with Gasteiger partial charge < -0.3 is 10.0 Å². The number of benzene rings is 1. The van der Waals surface area contributed by atoms with Gasteiger partial charge in [0.15, 0.2) is 5.82 Å². The maximum Gasteiger partial charge on any atom is 0.211 e. The quantitative estimate of drug-likeness (QED) is 0.436. The third kappa shape index (κ3) is 6.23. The number of rotatable bonds is 10. The second-order valence-corrected chi connectivity index (χ2v) is 13.9. The van der Waals surface area contributed by atoms with Crippen molar-refractivity contribution in [3.63, 3.8) is 0 Å². The van der Waals surface area contributed by atoms with Gasteiger partial charge in [-0.2, -0.15) is 0 Å². The molecule has 0 amide bonds. The Morgan fingerprint density at radius 2 is 2.08 bits per heavy atom. The van der Waals surface area contributed by atoms with Crippen LogP contribution in [0.15, 0.2) is 22.2 Å². The number of hydrogen-bond acceptors (Lipinski definition) is 9. The van der Waals surface area contributed by atoms with Crippen LogP contribution in [-0.2, 0) is 10.0 Å². The summed E-state index contributed by atoms with van der Waals surface area (Å²) in [6.07, 6.45) is 4.39. The van der Waals surface area contributed by atoms with E-state index in [0.29, 0.717) is 36.2 Å². The number of aliphatic imine (C=N–C) groups is 1. The zero-order valence-corrected chi connectivity index (χ0v) is 25.7. The van der Waals surface area contributed by atoms with Crippen LogP contribution in [0, 0.1) is 6.92 Å². The largest absolute Gasteiger partial charge is 0.395 e. The van der Waals surface area contributed by atoms with Crippen molar-refractivity contribution in [2.75, 3.05) is 36.6 Å². The summed E-state index contributed by atoms with van der Waals surface area (Å²) >= 11 is 1.49. The fourth-order valence-corrected chi connectivity index (χ4v) is 7.15. The summed E-state index contributed by atoms with van der Waals surface area (Å²) in [6, 6.07) is 4.34. The van der Waals surface area contributed by atoms with Gasteiger partial charge in [-0.05, 0) is 69.0 Å². The van der Waals surface area contributed by atoms with E-state index in [1.165, 1.54) is 22.1 Å². The molecule has 39 heavy (non-hydrogen) atoms. The molecule has 2 atom stereocenters. The van der Waals surface area contributed by atoms with Gasteiger partial charge in [-0.25, -0.2) is 23.1 Å². The van der Waals surface area contributed by atoms with Crippen LogP contribution in [0.1, 0.15) is 88.5 Å². The molecular formula is C27H41N7O3S2. The van der Waals surface area contributed by atoms with E-state index in [2.05, 4.69) is 59.6 Å². The van der Waals surface area contributed by atoms with Crippen molar-refractivity contribution in [2.24, 2.45) is 10.1 Å². The molecule has 2 N–H and O–H groups in total. The normalized spacial score (nSPS) is 20.2. The molecule has 4 rings (SSSR count). The fraction of sp³-hybridized carbons (Fsp3) is 0.630. The molecule has 2 unspecified atom stereocenters. The molecule has 214 valence electrons. The van der Waals surface area contributed by atoms with E-state index in [1.54, 1.807) is 0 Å². The number of β-amino-alcohol motifs (C(OH)–C–C–N with tert-alkyl or cyclic N) is 1. The maximum absolute atomic E-state index is 12.2. The summed E-state index contributed by atoms with van der Waals surface area (Å²) in [6.45, 7) is 13.5. The van der Waals surface area contributed by atoms with Crippen molar-refractivity contribution in [1.82, 2.24) is 19.6 Å². The molecule has 2 aliphatic heterocycles. The van der Waals surface area contributed by atoms with Gasteiger partial charge in [-0.1, -0.05) is 27.2 Å². The monoisotopic (exact) mass is 575 g/mol. The molecule has 0 bridgehead atoms. The number of aliphatic hydroxyl groups is 1. The molecule has 0 radical (unpaired) electrons. The number of unbranched alkanes of at least 4 members (excludes halogenated alkanes) is 1. The second kappa shape index (κ2) is 11.7. The van der Waals surface area contributed by atoms with E-state index >= 15 is 0 Å². The number of aliphatic hydroxyl groups excluding tert-OH is 1. The minimum absolute atomic E-state index is 0.0488. The van der Waals surface area contributed by atoms with Crippen molar-refractivity contribution in [3.8, 4) is 0 Å². The van der Waals surface area contributed by atoms with Gasteiger partial charge in [0, 0.05) is 30.2 Å². The summed E-state index contributed by atoms with van der Waals surface area (Å²) in [5, 5.41) is 19.6. The van der Waals surface area contributed by atoms with Crippen LogP contribution in [0.2, 0.25) is 0 Å². The predicted molar refractivity (Wildman–Crippen MR) is 160 cm³/mol. The van der Waals surface area contributed by atoms with E-state index in [-0.39, 0.29) is 30.4 Å². The summed E-state index contributed by atoms with van der Waals surface area (Å²) < 4.78 is 27.1. The van der Waals surface area contributed by atoms with Gasteiger partial charge in [0.25, 0.3) is 0 Å². The highest BCUT2D eigenvalue weighted by Gasteiger charge is 2.37. The highest BCUT2D eigenvalue weighted by molar-refractivity contribution is 8.15. The number of hydrogen-bond donors (Lipinski definition) is 2. The first-order chi connectivity index (χ1) is 18.4. The lowest BCUT2D eigenvalue weighted by atomic mass is 9.79. The molecule has 0 fully saturated rings. The standard InChI is InChI=1S/C27H41N7O3S2/c1-8-9-12-39(36,37)28-16-19(4)24-30-25-23(26(38-7)32-34(25)31-24)29-21-14-20-18(3)15-27(5,6)33(10-11-35)22(20)13-17(21)2/h13-14,18-19,28,35H,8-12,15-16H2,1-7H3. The molecule has 0 aliphatic carbocycles. The Hall–Kier alpha value is -2.28. The van der Waals surface area contributed by atoms with Gasteiger partial charge in [0.2, 0.25) is 15.8 Å². The van der Waals surface area contributed by atoms with E-state index in [1.807, 2.05) is 20.1 Å². The molecule has 2 aliphatic rings. The Labute approximate surface area is 236 Å². The molecule has 3 heterocycles. The fourth-order valence-electron chi connectivity index (χ4n) is 5.35. The van der Waals surface area contributed by atoms with Crippen molar-refractivity contribution in [1.29, 1.82) is 0 Å². The number of sulfonamides is 1. The van der Waals surface area contributed by atoms with Gasteiger partial charge in [-0.3, -0.25) is 0 Å². The Balaban J connectivity index is 1.65. The summed E-state index contributed by atoms with van der Waals surface area (Å²) in [5.74, 6) is 1.33. The smallest absolute Gasteiger partial charge is 0.211 e. The van der Waals surface area contributed by atoms with Crippen molar-refractivity contribution >= 4 is 43.9 Å². The molecule has 0 saturated heterocycles. The molecule has 1 aromatic heterocycles. The molecular weight excluding hydrogens is 534 g/mol. The lowest BCUT2D eigenvalue weighted by molar-refractivity contribution is 0.277. The predicted octanol–water partition coefficient (Wildman–Crippen LogP) is 4.15. The van der Waals surface area contributed by atoms with E-state index in [9.17, 15) is 13.5 Å². The van der Waals surface area contributed by atoms with Gasteiger partial charge in [0.1, 0.15) is 10.8 Å². The number of aromatic nitrogens is 3. The minimum Gasteiger partial charge on any atom is -0.395 e. The van der Waals surface area contributed by atoms with Crippen LogP contribution in [-0.4, -0.2) is 76.4 Å². The molecule has 0 saturated carbocycles. The number of fused-ring (bicyclic) bond motifs is 2. The molecule has 10 nitrogen and oxygen atoms in total. The Morgan fingerprint density at radius 3 is 2.74 bits per heavy atom.